The van der Waals surface area contributed by atoms with Gasteiger partial charge >= 0.3 is 18.3 Å². The summed E-state index contributed by atoms with van der Waals surface area (Å²) in [7, 11) is 1.43. The molecule has 1 heterocycles. The van der Waals surface area contributed by atoms with Crippen molar-refractivity contribution in [3.05, 3.63) is 69.8 Å². The maximum atomic E-state index is 13.6. The fourth-order valence-corrected chi connectivity index (χ4v) is 7.17. The Hall–Kier alpha value is -2.55. The first-order valence-electron chi connectivity index (χ1n) is 14.5. The minimum Gasteiger partial charge on any atom is -0.469 e. The summed E-state index contributed by atoms with van der Waals surface area (Å²) in [4.78, 5) is 14.2. The molecule has 2 aromatic carbocycles. The van der Waals surface area contributed by atoms with Crippen LogP contribution in [0.15, 0.2) is 36.4 Å². The third-order valence-electron chi connectivity index (χ3n) is 9.55. The lowest BCUT2D eigenvalue weighted by Gasteiger charge is -2.38. The van der Waals surface area contributed by atoms with Crippen LogP contribution in [0.5, 0.6) is 0 Å². The highest BCUT2D eigenvalue weighted by atomic mass is 19.4. The number of esters is 1. The Labute approximate surface area is 237 Å². The van der Waals surface area contributed by atoms with Crippen LogP contribution < -0.4 is 0 Å². The molecule has 41 heavy (non-hydrogen) atoms. The second-order valence-corrected chi connectivity index (χ2v) is 12.2. The van der Waals surface area contributed by atoms with Crippen LogP contribution in [0.4, 0.5) is 26.3 Å². The maximum absolute atomic E-state index is 13.6. The number of fused-ring (bicyclic) bond motifs is 1. The van der Waals surface area contributed by atoms with Crippen molar-refractivity contribution in [1.29, 1.82) is 0 Å². The van der Waals surface area contributed by atoms with Crippen LogP contribution in [0.3, 0.4) is 0 Å². The predicted octanol–water partition coefficient (Wildman–Crippen LogP) is 8.04. The van der Waals surface area contributed by atoms with Gasteiger partial charge in [-0.25, -0.2) is 0 Å². The Bertz CT molecular complexity index is 1240. The van der Waals surface area contributed by atoms with Gasteiger partial charge in [-0.3, -0.25) is 9.69 Å². The molecule has 1 unspecified atom stereocenters. The van der Waals surface area contributed by atoms with Gasteiger partial charge in [0.25, 0.3) is 0 Å². The van der Waals surface area contributed by atoms with E-state index in [4.69, 9.17) is 4.74 Å². The lowest BCUT2D eigenvalue weighted by Crippen LogP contribution is -2.37. The zero-order valence-electron chi connectivity index (χ0n) is 23.5. The lowest BCUT2D eigenvalue weighted by atomic mass is 9.72. The first-order chi connectivity index (χ1) is 19.3. The molecule has 2 aliphatic carbocycles. The topological polar surface area (TPSA) is 29.5 Å². The molecule has 3 nitrogen and oxygen atoms in total. The molecule has 1 saturated heterocycles. The largest absolute Gasteiger partial charge is 0.469 e. The molecule has 3 aliphatic rings. The van der Waals surface area contributed by atoms with Gasteiger partial charge in [0.2, 0.25) is 0 Å². The van der Waals surface area contributed by atoms with E-state index in [1.807, 2.05) is 11.8 Å². The highest BCUT2D eigenvalue weighted by Crippen LogP contribution is 2.48. The van der Waals surface area contributed by atoms with Gasteiger partial charge in [0, 0.05) is 6.54 Å². The number of methoxy groups -OCH3 is 1. The third kappa shape index (κ3) is 6.76. The van der Waals surface area contributed by atoms with Crippen LogP contribution in [0.1, 0.15) is 78.3 Å². The second kappa shape index (κ2) is 11.6. The molecule has 0 radical (unpaired) electrons. The van der Waals surface area contributed by atoms with Gasteiger partial charge in [-0.2, -0.15) is 26.3 Å². The number of carbonyl (C=O) groups excluding carboxylic acids is 1. The highest BCUT2D eigenvalue weighted by molar-refractivity contribution is 5.73. The van der Waals surface area contributed by atoms with Crippen LogP contribution >= 0.6 is 0 Å². The third-order valence-corrected chi connectivity index (χ3v) is 9.55. The first-order valence-corrected chi connectivity index (χ1v) is 14.5. The minimum absolute atomic E-state index is 0.147. The van der Waals surface area contributed by atoms with Gasteiger partial charge in [-0.05, 0) is 122 Å². The molecular formula is C32H37F6NO2. The lowest BCUT2D eigenvalue weighted by molar-refractivity contribution is -0.146. The van der Waals surface area contributed by atoms with Gasteiger partial charge < -0.3 is 4.74 Å². The summed E-state index contributed by atoms with van der Waals surface area (Å²) in [6.45, 7) is 2.91. The summed E-state index contributed by atoms with van der Waals surface area (Å²) < 4.78 is 85.4. The Kier molecular flexibility index (Phi) is 8.48. The normalized spacial score (nSPS) is 22.2. The molecule has 0 aromatic heterocycles. The molecule has 5 rings (SSSR count). The molecule has 224 valence electrons. The molecule has 0 spiro atoms. The number of alkyl halides is 6. The molecule has 3 atom stereocenters. The summed E-state index contributed by atoms with van der Waals surface area (Å²) in [6, 6.07) is 8.37. The fraction of sp³-hybridized carbons (Fsp3) is 0.594. The summed E-state index contributed by atoms with van der Waals surface area (Å²) in [5, 5.41) is 0. The van der Waals surface area contributed by atoms with Crippen molar-refractivity contribution in [3.63, 3.8) is 0 Å². The van der Waals surface area contributed by atoms with E-state index >= 15 is 0 Å². The van der Waals surface area contributed by atoms with E-state index in [1.165, 1.54) is 23.8 Å². The minimum atomic E-state index is -4.71. The van der Waals surface area contributed by atoms with Crippen molar-refractivity contribution >= 4 is 5.97 Å². The summed E-state index contributed by atoms with van der Waals surface area (Å²) in [5.74, 6) is 1.13. The molecule has 0 amide bonds. The monoisotopic (exact) mass is 581 g/mol. The van der Waals surface area contributed by atoms with Gasteiger partial charge in [-0.15, -0.1) is 0 Å². The van der Waals surface area contributed by atoms with Gasteiger partial charge in [0.05, 0.1) is 24.2 Å². The highest BCUT2D eigenvalue weighted by Gasteiger charge is 2.40. The summed E-state index contributed by atoms with van der Waals surface area (Å²) in [6.07, 6.45) is -2.59. The molecule has 2 aromatic rings. The van der Waals surface area contributed by atoms with Gasteiger partial charge in [-0.1, -0.05) is 25.1 Å². The summed E-state index contributed by atoms with van der Waals surface area (Å²) in [5.41, 5.74) is 1.48. The molecule has 0 bridgehead atoms. The van der Waals surface area contributed by atoms with Crippen molar-refractivity contribution < 1.29 is 35.9 Å². The number of carbonyl (C=O) groups is 1. The molecule has 0 N–H and O–H groups in total. The number of ether oxygens (including phenoxy) is 1. The number of hydrogen-bond acceptors (Lipinski definition) is 3. The molecule has 1 saturated carbocycles. The fourth-order valence-electron chi connectivity index (χ4n) is 7.17. The van der Waals surface area contributed by atoms with Crippen molar-refractivity contribution in [2.24, 2.45) is 23.7 Å². The number of halogens is 6. The number of hydrogen-bond donors (Lipinski definition) is 0. The number of nitrogens with zero attached hydrogens (tertiary/aromatic N) is 1. The SMILES string of the molecule is COC(=O)[C@@H](C)[C@H](c1ccc2c(c1)CC(C1CCN(Cc3cc(C(F)(F)F)ccc3C(F)(F)F)CC1)CC2)C1CC1. The van der Waals surface area contributed by atoms with E-state index in [9.17, 15) is 31.1 Å². The number of rotatable bonds is 7. The van der Waals surface area contributed by atoms with E-state index in [0.717, 1.165) is 44.9 Å². The number of likely N-dealkylation sites (tertiary alicyclic amines) is 1. The van der Waals surface area contributed by atoms with Crippen LogP contribution in [0.2, 0.25) is 0 Å². The summed E-state index contributed by atoms with van der Waals surface area (Å²) >= 11 is 0. The zero-order chi connectivity index (χ0) is 29.5. The maximum Gasteiger partial charge on any atom is 0.416 e. The van der Waals surface area contributed by atoms with Gasteiger partial charge in [0.1, 0.15) is 0 Å². The van der Waals surface area contributed by atoms with E-state index in [0.29, 0.717) is 49.0 Å². The van der Waals surface area contributed by atoms with E-state index < -0.39 is 23.5 Å². The van der Waals surface area contributed by atoms with Crippen LogP contribution in [0, 0.1) is 23.7 Å². The van der Waals surface area contributed by atoms with E-state index in [2.05, 4.69) is 18.2 Å². The van der Waals surface area contributed by atoms with Crippen molar-refractivity contribution in [2.75, 3.05) is 20.2 Å². The van der Waals surface area contributed by atoms with Crippen LogP contribution in [-0.2, 0) is 41.3 Å². The zero-order valence-corrected chi connectivity index (χ0v) is 23.5. The molecular weight excluding hydrogens is 544 g/mol. The molecule has 9 heteroatoms. The number of benzene rings is 2. The standard InChI is InChI=1S/C32H37F6NO2/c1-19(30(40)41-2)29(22-5-6-22)24-8-4-20-3-7-23(15-25(20)16-24)21-11-13-39(14-12-21)18-26-17-27(31(33,34)35)9-10-28(26)32(36,37)38/h4,8-10,16-17,19,21-23,29H,3,5-7,11-15,18H2,1-2H3/t19-,23?,29-/m0/s1. The van der Waals surface area contributed by atoms with Crippen LogP contribution in [0.25, 0.3) is 0 Å². The van der Waals surface area contributed by atoms with E-state index in [1.54, 1.807) is 0 Å². The Morgan fingerprint density at radius 3 is 2.22 bits per heavy atom. The Morgan fingerprint density at radius 2 is 1.61 bits per heavy atom. The van der Waals surface area contributed by atoms with Crippen molar-refractivity contribution in [3.8, 4) is 0 Å². The number of piperidine rings is 1. The predicted molar refractivity (Wildman–Crippen MR) is 143 cm³/mol. The molecule has 1 aliphatic heterocycles. The molecule has 2 fully saturated rings. The average Bonchev–Trinajstić information content (AvgIpc) is 3.77. The average molecular weight is 582 g/mol. The first kappa shape index (κ1) is 29.9. The smallest absolute Gasteiger partial charge is 0.416 e. The van der Waals surface area contributed by atoms with Crippen LogP contribution in [-0.4, -0.2) is 31.1 Å². The Morgan fingerprint density at radius 1 is 0.902 bits per heavy atom. The quantitative estimate of drug-likeness (QED) is 0.245. The van der Waals surface area contributed by atoms with Gasteiger partial charge in [0.15, 0.2) is 0 Å². The second-order valence-electron chi connectivity index (χ2n) is 12.2. The number of aryl methyl sites for hydroxylation is 1. The van der Waals surface area contributed by atoms with Crippen molar-refractivity contribution in [1.82, 2.24) is 4.90 Å². The van der Waals surface area contributed by atoms with E-state index in [-0.39, 0.29) is 29.9 Å². The van der Waals surface area contributed by atoms with Crippen molar-refractivity contribution in [2.45, 2.75) is 76.7 Å². The Balaban J connectivity index is 1.24.